The lowest BCUT2D eigenvalue weighted by atomic mass is 10.0. The minimum Gasteiger partial charge on any atom is -0.504 e. The van der Waals surface area contributed by atoms with Crippen LogP contribution in [0.5, 0.6) is 11.5 Å². The molecule has 3 aliphatic rings. The normalized spacial score (nSPS) is 17.2. The number of fused-ring (bicyclic) bond motifs is 1. The summed E-state index contributed by atoms with van der Waals surface area (Å²) in [7, 11) is 1.42. The summed E-state index contributed by atoms with van der Waals surface area (Å²) in [5.41, 5.74) is 4.23. The van der Waals surface area contributed by atoms with E-state index in [-0.39, 0.29) is 48.1 Å². The van der Waals surface area contributed by atoms with E-state index in [9.17, 15) is 24.3 Å². The molecule has 0 bridgehead atoms. The van der Waals surface area contributed by atoms with Crippen LogP contribution in [-0.4, -0.2) is 40.8 Å². The fourth-order valence-electron chi connectivity index (χ4n) is 4.37. The zero-order valence-corrected chi connectivity index (χ0v) is 19.8. The maximum atomic E-state index is 13.6. The number of phenolic OH excluding ortho intramolecular Hbond substituents is 1. The van der Waals surface area contributed by atoms with Gasteiger partial charge in [0.05, 0.1) is 36.7 Å². The number of benzene rings is 2. The number of hydrogen-bond donors (Lipinski definition) is 3. The lowest BCUT2D eigenvalue weighted by Crippen LogP contribution is -2.35. The van der Waals surface area contributed by atoms with Crippen LogP contribution >= 0.6 is 0 Å². The Morgan fingerprint density at radius 2 is 1.86 bits per heavy atom. The van der Waals surface area contributed by atoms with E-state index in [0.29, 0.717) is 16.8 Å². The number of ether oxygens (including phenoxy) is 1. The monoisotopic (exact) mass is 493 g/mol. The van der Waals surface area contributed by atoms with Crippen molar-refractivity contribution in [2.45, 2.75) is 44.7 Å². The molecule has 2 aromatic carbocycles. The van der Waals surface area contributed by atoms with Crippen molar-refractivity contribution in [3.05, 3.63) is 53.1 Å². The van der Waals surface area contributed by atoms with Gasteiger partial charge in [-0.25, -0.2) is 4.79 Å². The third-order valence-corrected chi connectivity index (χ3v) is 6.69. The van der Waals surface area contributed by atoms with E-state index in [4.69, 9.17) is 9.57 Å². The van der Waals surface area contributed by atoms with Crippen LogP contribution in [-0.2, 0) is 25.8 Å². The highest BCUT2D eigenvalue weighted by Gasteiger charge is 2.38. The molecule has 2 fully saturated rings. The summed E-state index contributed by atoms with van der Waals surface area (Å²) >= 11 is 0. The molecule has 3 N–H and O–H groups in total. The van der Waals surface area contributed by atoms with Crippen LogP contribution in [0.2, 0.25) is 0 Å². The third kappa shape index (κ3) is 4.84. The number of nitrogens with zero attached hydrogens (tertiary/aromatic N) is 1. The zero-order chi connectivity index (χ0) is 25.4. The quantitative estimate of drug-likeness (QED) is 0.482. The molecule has 3 amide bonds. The van der Waals surface area contributed by atoms with E-state index in [1.54, 1.807) is 30.3 Å². The number of amides is 3. The molecule has 0 aromatic heterocycles. The number of methoxy groups -OCH3 is 1. The molecule has 1 heterocycles. The average Bonchev–Trinajstić information content (AvgIpc) is 3.78. The molecule has 36 heavy (non-hydrogen) atoms. The maximum absolute atomic E-state index is 13.6. The Hall–Kier alpha value is -4.08. The highest BCUT2D eigenvalue weighted by molar-refractivity contribution is 6.07. The Balaban J connectivity index is 1.40. The first-order chi connectivity index (χ1) is 17.4. The van der Waals surface area contributed by atoms with Crippen molar-refractivity contribution in [3.63, 3.8) is 0 Å². The van der Waals surface area contributed by atoms with Gasteiger partial charge in [-0.05, 0) is 55.0 Å². The lowest BCUT2D eigenvalue weighted by molar-refractivity contribution is -0.159. The number of rotatable bonds is 8. The summed E-state index contributed by atoms with van der Waals surface area (Å²) in [5.74, 6) is -1.62. The number of carbonyl (C=O) groups excluding carboxylic acids is 4. The van der Waals surface area contributed by atoms with Crippen molar-refractivity contribution in [2.24, 2.45) is 11.8 Å². The molecule has 2 aliphatic carbocycles. The van der Waals surface area contributed by atoms with Gasteiger partial charge in [-0.2, -0.15) is 5.48 Å². The summed E-state index contributed by atoms with van der Waals surface area (Å²) in [6, 6.07) is 9.15. The molecule has 2 saturated carbocycles. The molecular formula is C26H27N3O7. The number of aromatic hydroxyl groups is 1. The van der Waals surface area contributed by atoms with Crippen molar-refractivity contribution in [3.8, 4) is 11.5 Å². The second-order valence-electron chi connectivity index (χ2n) is 9.41. The van der Waals surface area contributed by atoms with Crippen LogP contribution in [0.25, 0.3) is 0 Å². The van der Waals surface area contributed by atoms with Gasteiger partial charge in [-0.15, -0.1) is 0 Å². The topological polar surface area (TPSA) is 134 Å². The summed E-state index contributed by atoms with van der Waals surface area (Å²) in [6.45, 7) is 0.202. The molecule has 10 heteroatoms. The zero-order valence-electron chi connectivity index (χ0n) is 19.8. The van der Waals surface area contributed by atoms with Crippen LogP contribution in [0.4, 0.5) is 5.69 Å². The third-order valence-electron chi connectivity index (χ3n) is 6.69. The molecular weight excluding hydrogens is 466 g/mol. The van der Waals surface area contributed by atoms with Crippen LogP contribution in [0, 0.1) is 11.8 Å². The van der Waals surface area contributed by atoms with E-state index >= 15 is 0 Å². The predicted molar refractivity (Wildman–Crippen MR) is 127 cm³/mol. The first-order valence-corrected chi connectivity index (χ1v) is 12.0. The first-order valence-electron chi connectivity index (χ1n) is 12.0. The molecule has 2 aromatic rings. The van der Waals surface area contributed by atoms with Crippen molar-refractivity contribution in [1.82, 2.24) is 10.4 Å². The van der Waals surface area contributed by atoms with E-state index in [0.717, 1.165) is 31.2 Å². The predicted octanol–water partition coefficient (Wildman–Crippen LogP) is 2.82. The number of anilines is 1. The number of carbonyl (C=O) groups is 4. The van der Waals surface area contributed by atoms with Gasteiger partial charge in [0.15, 0.2) is 11.5 Å². The van der Waals surface area contributed by atoms with Crippen molar-refractivity contribution < 1.29 is 33.9 Å². The molecule has 0 spiro atoms. The number of hydrogen-bond acceptors (Lipinski definition) is 7. The van der Waals surface area contributed by atoms with E-state index < -0.39 is 17.9 Å². The SMILES string of the molecule is COc1ccc(C(CC(=O)NOC(=O)C2CC2)N2Cc3cccc(NC(=O)C4CC4)c3C2=O)cc1O. The van der Waals surface area contributed by atoms with Gasteiger partial charge < -0.3 is 24.9 Å². The van der Waals surface area contributed by atoms with Crippen LogP contribution < -0.4 is 15.5 Å². The molecule has 0 radical (unpaired) electrons. The van der Waals surface area contributed by atoms with Gasteiger partial charge in [0.1, 0.15) is 0 Å². The molecule has 10 nitrogen and oxygen atoms in total. The van der Waals surface area contributed by atoms with Crippen LogP contribution in [0.1, 0.15) is 59.6 Å². The van der Waals surface area contributed by atoms with Gasteiger partial charge in [0, 0.05) is 12.5 Å². The highest BCUT2D eigenvalue weighted by atomic mass is 16.7. The van der Waals surface area contributed by atoms with Gasteiger partial charge in [0.2, 0.25) is 5.91 Å². The lowest BCUT2D eigenvalue weighted by Gasteiger charge is -2.28. The highest BCUT2D eigenvalue weighted by Crippen LogP contribution is 2.39. The Bertz CT molecular complexity index is 1240. The Kier molecular flexibility index (Phi) is 6.26. The van der Waals surface area contributed by atoms with Crippen LogP contribution in [0.3, 0.4) is 0 Å². The van der Waals surface area contributed by atoms with E-state index in [1.807, 2.05) is 0 Å². The minimum atomic E-state index is -0.784. The maximum Gasteiger partial charge on any atom is 0.335 e. The van der Waals surface area contributed by atoms with Gasteiger partial charge in [-0.3, -0.25) is 14.4 Å². The number of nitrogens with one attached hydrogen (secondary N) is 2. The van der Waals surface area contributed by atoms with E-state index in [1.165, 1.54) is 18.1 Å². The molecule has 188 valence electrons. The average molecular weight is 494 g/mol. The molecule has 1 atom stereocenters. The Labute approximate surface area is 207 Å². The van der Waals surface area contributed by atoms with Crippen LogP contribution in [0.15, 0.2) is 36.4 Å². The van der Waals surface area contributed by atoms with Crippen molar-refractivity contribution >= 4 is 29.4 Å². The molecule has 1 aliphatic heterocycles. The van der Waals surface area contributed by atoms with Gasteiger partial charge in [0.25, 0.3) is 11.8 Å². The van der Waals surface area contributed by atoms with Gasteiger partial charge >= 0.3 is 5.97 Å². The van der Waals surface area contributed by atoms with Crippen molar-refractivity contribution in [1.29, 1.82) is 0 Å². The summed E-state index contributed by atoms with van der Waals surface area (Å²) in [5, 5.41) is 13.2. The Morgan fingerprint density at radius 3 is 2.53 bits per heavy atom. The molecule has 0 saturated heterocycles. The summed E-state index contributed by atoms with van der Waals surface area (Å²) in [6.07, 6.45) is 2.94. The smallest absolute Gasteiger partial charge is 0.335 e. The standard InChI is InChI=1S/C26H27N3O7/c1-35-21-10-9-16(11-20(21)30)19(12-22(31)28-36-26(34)15-7-8-15)29-13-17-3-2-4-18(23(17)25(29)33)27-24(32)14-5-6-14/h2-4,9-11,14-15,19,30H,5-8,12-13H2,1H3,(H,27,32)(H,28,31). The number of hydroxylamine groups is 1. The minimum absolute atomic E-state index is 0.0227. The first kappa shape index (κ1) is 23.7. The Morgan fingerprint density at radius 1 is 1.11 bits per heavy atom. The largest absolute Gasteiger partial charge is 0.504 e. The second kappa shape index (κ2) is 9.52. The molecule has 5 rings (SSSR count). The fraction of sp³-hybridized carbons (Fsp3) is 0.385. The summed E-state index contributed by atoms with van der Waals surface area (Å²) < 4.78 is 5.12. The fourth-order valence-corrected chi connectivity index (χ4v) is 4.37. The second-order valence-corrected chi connectivity index (χ2v) is 9.41. The van der Waals surface area contributed by atoms with Crippen molar-refractivity contribution in [2.75, 3.05) is 12.4 Å². The number of phenols is 1. The summed E-state index contributed by atoms with van der Waals surface area (Å²) in [4.78, 5) is 57.0. The van der Waals surface area contributed by atoms with E-state index in [2.05, 4.69) is 10.8 Å². The van der Waals surface area contributed by atoms with Gasteiger partial charge in [-0.1, -0.05) is 18.2 Å². The molecule has 1 unspecified atom stereocenters.